The predicted octanol–water partition coefficient (Wildman–Crippen LogP) is 7.03. The van der Waals surface area contributed by atoms with Crippen LogP contribution in [0.2, 0.25) is 0 Å². The number of para-hydroxylation sites is 1. The molecule has 1 fully saturated rings. The molecule has 1 aliphatic heterocycles. The van der Waals surface area contributed by atoms with E-state index in [0.717, 1.165) is 35.7 Å². The number of hydrogen-bond donors (Lipinski definition) is 1. The summed E-state index contributed by atoms with van der Waals surface area (Å²) < 4.78 is 8.37. The molecule has 4 rings (SSSR count). The molecule has 0 aromatic heterocycles. The topological polar surface area (TPSA) is 24.5 Å². The van der Waals surface area contributed by atoms with Gasteiger partial charge in [-0.2, -0.15) is 0 Å². The molecular formula is C27H30Cl2N2ORu. The first-order valence-electron chi connectivity index (χ1n) is 11.1. The third-order valence-electron chi connectivity index (χ3n) is 5.92. The number of rotatable bonds is 5. The van der Waals surface area contributed by atoms with E-state index < -0.39 is 13.5 Å². The maximum absolute atomic E-state index is 6.39. The van der Waals surface area contributed by atoms with E-state index in [4.69, 9.17) is 24.1 Å². The Hall–Kier alpha value is -1.87. The molecule has 1 unspecified atom stereocenters. The van der Waals surface area contributed by atoms with E-state index in [9.17, 15) is 0 Å². The van der Waals surface area contributed by atoms with Gasteiger partial charge in [0.1, 0.15) is 0 Å². The van der Waals surface area contributed by atoms with E-state index in [0.29, 0.717) is 0 Å². The van der Waals surface area contributed by atoms with Gasteiger partial charge in [-0.15, -0.1) is 0 Å². The maximum atomic E-state index is 6.39. The van der Waals surface area contributed by atoms with Crippen molar-refractivity contribution in [1.82, 2.24) is 5.32 Å². The van der Waals surface area contributed by atoms with Crippen molar-refractivity contribution in [1.29, 1.82) is 0 Å². The Morgan fingerprint density at radius 3 is 2.42 bits per heavy atom. The summed E-state index contributed by atoms with van der Waals surface area (Å²) in [4.78, 5) is 2.45. The number of nitrogens with zero attached hydrogens (tertiary/aromatic N) is 1. The second kappa shape index (κ2) is 10.6. The summed E-state index contributed by atoms with van der Waals surface area (Å²) in [6, 6.07) is 17.4. The van der Waals surface area contributed by atoms with Crippen LogP contribution in [0.15, 0.2) is 83.4 Å². The van der Waals surface area contributed by atoms with Gasteiger partial charge in [-0.25, -0.2) is 0 Å². The summed E-state index contributed by atoms with van der Waals surface area (Å²) in [5, 5.41) is 3.74. The van der Waals surface area contributed by atoms with Crippen LogP contribution >= 0.6 is 19.4 Å². The first-order chi connectivity index (χ1) is 15.9. The molecule has 1 N–H and O–H groups in total. The predicted molar refractivity (Wildman–Crippen MR) is 137 cm³/mol. The van der Waals surface area contributed by atoms with Gasteiger partial charge in [0.05, 0.1) is 0 Å². The molecule has 0 amide bonds. The van der Waals surface area contributed by atoms with Crippen molar-refractivity contribution in [3.8, 4) is 0 Å². The normalized spacial score (nSPS) is 20.9. The van der Waals surface area contributed by atoms with E-state index in [2.05, 4.69) is 98.6 Å². The van der Waals surface area contributed by atoms with Crippen LogP contribution in [-0.2, 0) is 18.3 Å². The van der Waals surface area contributed by atoms with Crippen molar-refractivity contribution in [3.05, 3.63) is 100 Å². The minimum atomic E-state index is -2.01. The molecule has 3 nitrogen and oxygen atoms in total. The fourth-order valence-corrected chi connectivity index (χ4v) is 6.29. The molecule has 1 atom stereocenters. The number of hydrogen-bond acceptors (Lipinski definition) is 3. The van der Waals surface area contributed by atoms with Crippen LogP contribution < -0.4 is 10.2 Å². The fraction of sp³-hybridized carbons (Fsp3) is 0.296. The van der Waals surface area contributed by atoms with Gasteiger partial charge < -0.3 is 0 Å². The second-order valence-electron chi connectivity index (χ2n) is 8.60. The minimum absolute atomic E-state index is 0.0391. The van der Waals surface area contributed by atoms with Crippen molar-refractivity contribution in [2.24, 2.45) is 0 Å². The molecule has 2 aromatic carbocycles. The van der Waals surface area contributed by atoms with Crippen LogP contribution in [0.5, 0.6) is 0 Å². The summed E-state index contributed by atoms with van der Waals surface area (Å²) in [5.41, 5.74) is 7.17. The monoisotopic (exact) mass is 570 g/mol. The number of anilines is 1. The van der Waals surface area contributed by atoms with Crippen LogP contribution in [0.1, 0.15) is 43.0 Å². The second-order valence-corrected chi connectivity index (χ2v) is 14.3. The van der Waals surface area contributed by atoms with Crippen molar-refractivity contribution < 1.29 is 18.3 Å². The number of ether oxygens (including phenoxy) is 1. The van der Waals surface area contributed by atoms with Crippen molar-refractivity contribution in [2.75, 3.05) is 11.4 Å². The number of halogens is 2. The molecule has 6 heteroatoms. The van der Waals surface area contributed by atoms with Gasteiger partial charge in [0, 0.05) is 0 Å². The Bertz CT molecular complexity index is 1160. The Kier molecular flexibility index (Phi) is 7.79. The number of aryl methyl sites for hydroxylation is 2. The zero-order chi connectivity index (χ0) is 23.5. The van der Waals surface area contributed by atoms with Gasteiger partial charge in [-0.1, -0.05) is 0 Å². The Morgan fingerprint density at radius 2 is 1.76 bits per heavy atom. The summed E-state index contributed by atoms with van der Waals surface area (Å²) in [7, 11) is 12.5. The number of allylic oxidation sites excluding steroid dienone is 4. The Morgan fingerprint density at radius 1 is 1.06 bits per heavy atom. The van der Waals surface area contributed by atoms with E-state index in [1.165, 1.54) is 22.4 Å². The van der Waals surface area contributed by atoms with Crippen LogP contribution in [0, 0.1) is 13.8 Å². The van der Waals surface area contributed by atoms with Crippen LogP contribution in [0.3, 0.4) is 0 Å². The molecule has 2 aromatic rings. The molecule has 1 aliphatic carbocycles. The molecule has 1 saturated heterocycles. The third kappa shape index (κ3) is 5.29. The summed E-state index contributed by atoms with van der Waals surface area (Å²) in [5.74, 6) is 1.96. The molecular weight excluding hydrogens is 540 g/mol. The summed E-state index contributed by atoms with van der Waals surface area (Å²) >= 11 is -2.01. The van der Waals surface area contributed by atoms with E-state index in [1.54, 1.807) is 0 Å². The molecule has 0 saturated carbocycles. The molecule has 0 radical (unpaired) electrons. The van der Waals surface area contributed by atoms with Gasteiger partial charge in [0.25, 0.3) is 0 Å². The molecule has 2 aliphatic rings. The summed E-state index contributed by atoms with van der Waals surface area (Å²) in [6.07, 6.45) is 5.07. The van der Waals surface area contributed by atoms with Crippen molar-refractivity contribution in [2.45, 2.75) is 46.3 Å². The zero-order valence-electron chi connectivity index (χ0n) is 19.4. The summed E-state index contributed by atoms with van der Waals surface area (Å²) in [6.45, 7) is 9.28. The van der Waals surface area contributed by atoms with E-state index in [1.807, 2.05) is 4.61 Å². The first-order valence-corrected chi connectivity index (χ1v) is 16.6. The Balaban J connectivity index is 1.93. The Labute approximate surface area is 210 Å². The van der Waals surface area contributed by atoms with Gasteiger partial charge in [-0.3, -0.25) is 0 Å². The van der Waals surface area contributed by atoms with E-state index >= 15 is 0 Å². The number of nitrogens with one attached hydrogen (secondary N) is 1. The SMILES string of the molecule is Cc1ccccc1C1CNC(=C2CC=CC([CH]=[Ru]([Cl])[Cl])=C2OC(C)C)N1c1ccccc1C. The van der Waals surface area contributed by atoms with Gasteiger partial charge in [-0.05, 0) is 0 Å². The standard InChI is InChI=1S/C27H30N2O.2ClH.Ru/c1-18(2)30-26-21(5)13-10-15-23(26)27-28-17-25(22-14-8-6-11-19(22)3)29(27)24-16-9-7-12-20(24)4;;;/h5-14,16,18,25,28H,15,17H2,1-4H3;2*1H;/q;;;+2/p-2. The quantitative estimate of drug-likeness (QED) is 0.391. The average molecular weight is 571 g/mol. The molecule has 0 spiro atoms. The molecule has 1 heterocycles. The number of benzene rings is 2. The van der Waals surface area contributed by atoms with Gasteiger partial charge >= 0.3 is 211 Å². The van der Waals surface area contributed by atoms with Gasteiger partial charge in [0.2, 0.25) is 0 Å². The van der Waals surface area contributed by atoms with Crippen LogP contribution in [0.4, 0.5) is 5.69 Å². The van der Waals surface area contributed by atoms with Gasteiger partial charge in [0.15, 0.2) is 0 Å². The van der Waals surface area contributed by atoms with Crippen LogP contribution in [0.25, 0.3) is 0 Å². The van der Waals surface area contributed by atoms with Crippen molar-refractivity contribution >= 4 is 29.7 Å². The molecule has 33 heavy (non-hydrogen) atoms. The molecule has 0 bridgehead atoms. The fourth-order valence-electron chi connectivity index (χ4n) is 4.50. The zero-order valence-corrected chi connectivity index (χ0v) is 22.6. The van der Waals surface area contributed by atoms with E-state index in [-0.39, 0.29) is 12.1 Å². The first kappa shape index (κ1) is 24.3. The van der Waals surface area contributed by atoms with Crippen LogP contribution in [-0.4, -0.2) is 17.3 Å². The van der Waals surface area contributed by atoms with Crippen molar-refractivity contribution in [3.63, 3.8) is 0 Å². The average Bonchev–Trinajstić information content (AvgIpc) is 3.19. The molecule has 176 valence electrons. The third-order valence-corrected chi connectivity index (χ3v) is 7.75.